The average Bonchev–Trinajstić information content (AvgIpc) is 3.19. The molecule has 5 rings (SSSR count). The van der Waals surface area contributed by atoms with E-state index in [-0.39, 0.29) is 36.2 Å². The fraction of sp³-hybridized carbons (Fsp3) is 1.00. The molecule has 4 saturated carbocycles. The quantitative estimate of drug-likeness (QED) is 0.195. The average molecular weight is 701 g/mol. The smallest absolute Gasteiger partial charge is 0.390 e. The molecule has 1 aliphatic heterocycles. The lowest BCUT2D eigenvalue weighted by molar-refractivity contribution is -0.248. The van der Waals surface area contributed by atoms with Crippen LogP contribution in [0.5, 0.6) is 0 Å². The minimum atomic E-state index is -4.89. The molecule has 0 aromatic heterocycles. The second-order valence-electron chi connectivity index (χ2n) is 15.1. The van der Waals surface area contributed by atoms with Crippen LogP contribution >= 0.6 is 16.5 Å². The van der Waals surface area contributed by atoms with Gasteiger partial charge in [0, 0.05) is 26.9 Å². The maximum absolute atomic E-state index is 13.0. The number of rotatable bonds is 9. The van der Waals surface area contributed by atoms with Gasteiger partial charge in [-0.25, -0.2) is 4.18 Å². The molecule has 4 N–H and O–H groups in total. The summed E-state index contributed by atoms with van der Waals surface area (Å²) in [6, 6.07) is 0. The highest BCUT2D eigenvalue weighted by molar-refractivity contribution is 7.80. The van der Waals surface area contributed by atoms with E-state index in [1.165, 1.54) is 7.11 Å². The van der Waals surface area contributed by atoms with E-state index in [0.29, 0.717) is 18.8 Å². The predicted molar refractivity (Wildman–Crippen MR) is 161 cm³/mol. The summed E-state index contributed by atoms with van der Waals surface area (Å²) in [5.74, 6) is -1.41. The number of fused-ring (bicyclic) bond motifs is 7. The first-order chi connectivity index (χ1) is 20.9. The van der Waals surface area contributed by atoms with Crippen molar-refractivity contribution in [2.75, 3.05) is 7.11 Å². The molecule has 0 spiro atoms. The lowest BCUT2D eigenvalue weighted by Gasteiger charge is -2.64. The van der Waals surface area contributed by atoms with Crippen LogP contribution in [0.1, 0.15) is 73.6 Å². The first-order valence-corrected chi connectivity index (χ1v) is 19.6. The van der Waals surface area contributed by atoms with Gasteiger partial charge < -0.3 is 14.9 Å². The molecule has 0 amide bonds. The highest BCUT2D eigenvalue weighted by Crippen LogP contribution is 2.71. The molecule has 16 heteroatoms. The molecule has 0 radical (unpaired) electrons. The van der Waals surface area contributed by atoms with Crippen LogP contribution in [0, 0.1) is 58.2 Å². The highest BCUT2D eigenvalue weighted by atomic mass is 32.3. The van der Waals surface area contributed by atoms with E-state index in [1.54, 1.807) is 0 Å². The number of hydrogen-bond acceptors (Lipinski definition) is 11. The van der Waals surface area contributed by atoms with Gasteiger partial charge in [-0.15, -0.1) is 18.5 Å². The third-order valence-electron chi connectivity index (χ3n) is 12.8. The molecule has 0 aromatic carbocycles. The van der Waals surface area contributed by atoms with Gasteiger partial charge in [0.25, 0.3) is 0 Å². The van der Waals surface area contributed by atoms with Crippen molar-refractivity contribution < 1.29 is 59.7 Å². The van der Waals surface area contributed by atoms with Crippen molar-refractivity contribution in [3.8, 4) is 0 Å². The number of hydrogen-bond donors (Lipinski definition) is 4. The van der Waals surface area contributed by atoms with Crippen molar-refractivity contribution in [3.05, 3.63) is 0 Å². The van der Waals surface area contributed by atoms with Crippen molar-refractivity contribution in [2.45, 2.75) is 116 Å². The van der Waals surface area contributed by atoms with Crippen molar-refractivity contribution in [2.24, 2.45) is 58.2 Å². The lowest BCUT2D eigenvalue weighted by Crippen LogP contribution is -2.68. The molecule has 1 saturated heterocycles. The summed E-state index contributed by atoms with van der Waals surface area (Å²) in [5.41, 5.74) is -1.21. The number of aliphatic hydroxyl groups excluding tert-OH is 2. The third-order valence-corrected chi connectivity index (χ3v) is 14.5. The van der Waals surface area contributed by atoms with Crippen molar-refractivity contribution in [1.82, 2.24) is 0 Å². The second-order valence-corrected chi connectivity index (χ2v) is 17.9. The summed E-state index contributed by atoms with van der Waals surface area (Å²) < 4.78 is 86.4. The van der Waals surface area contributed by atoms with Crippen LogP contribution in [0.15, 0.2) is 0 Å². The Balaban J connectivity index is 1.61. The number of ether oxygens (including phenoxy) is 1. The minimum absolute atomic E-state index is 0.0000162. The van der Waals surface area contributed by atoms with Crippen LogP contribution in [0.3, 0.4) is 0 Å². The Kier molecular flexibility index (Phi) is 10.4. The molecule has 5 fully saturated rings. The molecular weight excluding hydrogens is 650 g/mol. The predicted octanol–water partition coefficient (Wildman–Crippen LogP) is 4.41. The molecule has 0 bridgehead atoms. The fourth-order valence-corrected chi connectivity index (χ4v) is 12.3. The molecule has 1 heterocycles. The van der Waals surface area contributed by atoms with E-state index in [1.807, 2.05) is 6.92 Å². The highest BCUT2D eigenvalue weighted by Gasteiger charge is 2.74. The standard InChI is InChI=1S/C29H48O13P2S/c1-13(2)15(4)18-12-14(3)20-26(39-18)27(41-44(34)38-7)21-19-16(8-10-29(20,21)6)28(5)11-9-17(42-45(35,36)37)23(30)22(28)24(31)25(19)40-43(32)33/h13-27,30-31H,8-12H2,1-7H3/p+2. The van der Waals surface area contributed by atoms with E-state index < -0.39 is 92.1 Å². The Morgan fingerprint density at radius 3 is 2.16 bits per heavy atom. The van der Waals surface area contributed by atoms with Gasteiger partial charge in [0.1, 0.15) is 18.3 Å². The second kappa shape index (κ2) is 12.9. The molecule has 13 nitrogen and oxygen atoms in total. The van der Waals surface area contributed by atoms with Crippen molar-refractivity contribution in [1.29, 1.82) is 0 Å². The summed E-state index contributed by atoms with van der Waals surface area (Å²) >= 11 is 0. The molecular formula is C29H50O13P2S+2. The van der Waals surface area contributed by atoms with Gasteiger partial charge in [-0.3, -0.25) is 4.55 Å². The molecule has 0 aromatic rings. The zero-order valence-electron chi connectivity index (χ0n) is 27.0. The Labute approximate surface area is 267 Å². The molecule has 18 atom stereocenters. The zero-order chi connectivity index (χ0) is 33.4. The van der Waals surface area contributed by atoms with E-state index >= 15 is 0 Å². The monoisotopic (exact) mass is 700 g/mol. The Hall–Kier alpha value is -0.210. The molecule has 18 unspecified atom stereocenters. The minimum Gasteiger partial charge on any atom is -0.390 e. The van der Waals surface area contributed by atoms with Crippen LogP contribution in [0.25, 0.3) is 0 Å². The van der Waals surface area contributed by atoms with E-state index in [9.17, 15) is 37.2 Å². The van der Waals surface area contributed by atoms with Gasteiger partial charge in [-0.05, 0) is 72.5 Å². The van der Waals surface area contributed by atoms with Gasteiger partial charge in [0.2, 0.25) is 0 Å². The molecule has 45 heavy (non-hydrogen) atoms. The summed E-state index contributed by atoms with van der Waals surface area (Å²) in [4.78, 5) is 10.0. The molecule has 5 aliphatic rings. The van der Waals surface area contributed by atoms with Crippen LogP contribution < -0.4 is 0 Å². The first-order valence-electron chi connectivity index (χ1n) is 16.0. The van der Waals surface area contributed by atoms with Crippen molar-refractivity contribution >= 4 is 26.9 Å². The third kappa shape index (κ3) is 6.23. The number of aliphatic hydroxyl groups is 2. The van der Waals surface area contributed by atoms with Crippen LogP contribution in [-0.2, 0) is 42.0 Å². The normalized spacial score (nSPS) is 49.4. The van der Waals surface area contributed by atoms with Gasteiger partial charge in [-0.2, -0.15) is 8.42 Å². The van der Waals surface area contributed by atoms with Gasteiger partial charge in [0.15, 0.2) is 0 Å². The van der Waals surface area contributed by atoms with Crippen molar-refractivity contribution in [3.63, 3.8) is 0 Å². The van der Waals surface area contributed by atoms with Crippen LogP contribution in [-0.4, -0.2) is 77.9 Å². The summed E-state index contributed by atoms with van der Waals surface area (Å²) in [6.45, 7) is 12.8. The Morgan fingerprint density at radius 2 is 1.58 bits per heavy atom. The fourth-order valence-electron chi connectivity index (χ4n) is 10.8. The zero-order valence-corrected chi connectivity index (χ0v) is 29.6. The molecule has 4 aliphatic carbocycles. The van der Waals surface area contributed by atoms with Crippen LogP contribution in [0.2, 0.25) is 0 Å². The SMILES string of the molecule is CO[P+](=O)OC1C2OC(C(C)C(C)C)CC(C)C2C2(C)CCC3C(C(O[P+](=O)O)C(O)C4C(O)C(OS(=O)(=O)O)CCC34C)C12. The topological polar surface area (TPSA) is 195 Å². The summed E-state index contributed by atoms with van der Waals surface area (Å²) in [5, 5.41) is 23.4. The Bertz CT molecular complexity index is 1250. The van der Waals surface area contributed by atoms with Gasteiger partial charge in [0.05, 0.1) is 31.5 Å². The van der Waals surface area contributed by atoms with Gasteiger partial charge in [-0.1, -0.05) is 41.5 Å². The first kappa shape index (κ1) is 36.1. The molecule has 258 valence electrons. The van der Waals surface area contributed by atoms with E-state index in [4.69, 9.17) is 22.5 Å². The van der Waals surface area contributed by atoms with E-state index in [0.717, 1.165) is 12.8 Å². The largest absolute Gasteiger partial charge is 0.697 e. The lowest BCUT2D eigenvalue weighted by atomic mass is 9.42. The maximum Gasteiger partial charge on any atom is 0.697 e. The Morgan fingerprint density at radius 1 is 0.933 bits per heavy atom. The summed E-state index contributed by atoms with van der Waals surface area (Å²) in [7, 11) is -9.33. The maximum atomic E-state index is 13.0. The van der Waals surface area contributed by atoms with Crippen LogP contribution in [0.4, 0.5) is 0 Å². The summed E-state index contributed by atoms with van der Waals surface area (Å²) in [6.07, 6.45) is -4.17. The van der Waals surface area contributed by atoms with E-state index in [2.05, 4.69) is 34.6 Å². The van der Waals surface area contributed by atoms with Gasteiger partial charge >= 0.3 is 26.9 Å².